The van der Waals surface area contributed by atoms with E-state index in [1.54, 1.807) is 36.1 Å². The van der Waals surface area contributed by atoms with E-state index in [1.165, 1.54) is 12.1 Å². The van der Waals surface area contributed by atoms with E-state index in [0.29, 0.717) is 35.5 Å². The molecule has 2 aromatic rings. The summed E-state index contributed by atoms with van der Waals surface area (Å²) in [5, 5.41) is 17.3. The van der Waals surface area contributed by atoms with Gasteiger partial charge in [-0.05, 0) is 25.1 Å². The van der Waals surface area contributed by atoms with Gasteiger partial charge in [-0.1, -0.05) is 23.7 Å². The summed E-state index contributed by atoms with van der Waals surface area (Å²) in [7, 11) is 1.51. The number of nitrogens with zero attached hydrogens (tertiary/aromatic N) is 5. The van der Waals surface area contributed by atoms with Gasteiger partial charge in [0.05, 0.1) is 43.7 Å². The highest BCUT2D eigenvalue weighted by Crippen LogP contribution is 2.23. The van der Waals surface area contributed by atoms with Crippen molar-refractivity contribution in [3.8, 4) is 5.88 Å². The van der Waals surface area contributed by atoms with Crippen molar-refractivity contribution in [2.24, 2.45) is 5.10 Å². The highest BCUT2D eigenvalue weighted by molar-refractivity contribution is 6.30. The van der Waals surface area contributed by atoms with Crippen LogP contribution in [0.2, 0.25) is 5.02 Å². The fourth-order valence-electron chi connectivity index (χ4n) is 3.43. The van der Waals surface area contributed by atoms with E-state index < -0.39 is 24.2 Å². The van der Waals surface area contributed by atoms with Gasteiger partial charge >= 0.3 is 12.1 Å². The van der Waals surface area contributed by atoms with Gasteiger partial charge in [0.25, 0.3) is 0 Å². The Morgan fingerprint density at radius 2 is 2.03 bits per heavy atom. The number of ether oxygens (including phenoxy) is 2. The number of methoxy groups -OCH3 is 1. The van der Waals surface area contributed by atoms with Crippen LogP contribution in [-0.2, 0) is 4.74 Å². The van der Waals surface area contributed by atoms with Crippen molar-refractivity contribution >= 4 is 29.4 Å². The Labute approximate surface area is 183 Å². The van der Waals surface area contributed by atoms with Crippen molar-refractivity contribution in [2.75, 3.05) is 26.8 Å². The largest absolute Gasteiger partial charge is 0.480 e. The third-order valence-corrected chi connectivity index (χ3v) is 5.34. The van der Waals surface area contributed by atoms with Gasteiger partial charge in [0.15, 0.2) is 0 Å². The first-order valence-corrected chi connectivity index (χ1v) is 10.1. The second-order valence-electron chi connectivity index (χ2n) is 7.07. The van der Waals surface area contributed by atoms with E-state index in [-0.39, 0.29) is 6.54 Å². The molecular weight excluding hydrogens is 424 g/mol. The third-order valence-electron chi connectivity index (χ3n) is 5.09. The van der Waals surface area contributed by atoms with Crippen LogP contribution in [0.15, 0.2) is 41.5 Å². The molecule has 1 aromatic carbocycles. The molecule has 0 radical (unpaired) electrons. The second kappa shape index (κ2) is 8.76. The molecule has 10 nitrogen and oxygen atoms in total. The van der Waals surface area contributed by atoms with Crippen LogP contribution >= 0.6 is 11.6 Å². The van der Waals surface area contributed by atoms with E-state index in [0.717, 1.165) is 5.56 Å². The summed E-state index contributed by atoms with van der Waals surface area (Å²) in [5.41, 5.74) is 1.95. The fourth-order valence-corrected chi connectivity index (χ4v) is 3.55. The summed E-state index contributed by atoms with van der Waals surface area (Å²) < 4.78 is 10.1. The molecule has 11 heteroatoms. The van der Waals surface area contributed by atoms with Crippen molar-refractivity contribution in [1.29, 1.82) is 0 Å². The van der Waals surface area contributed by atoms with Crippen molar-refractivity contribution in [3.05, 3.63) is 52.7 Å². The van der Waals surface area contributed by atoms with Crippen LogP contribution in [0.3, 0.4) is 0 Å². The maximum absolute atomic E-state index is 12.9. The van der Waals surface area contributed by atoms with E-state index in [4.69, 9.17) is 21.1 Å². The Kier molecular flexibility index (Phi) is 5.90. The number of hydrogen-bond acceptors (Lipinski definition) is 7. The zero-order valence-electron chi connectivity index (χ0n) is 17.0. The number of carbonyl (C=O) groups is 2. The highest BCUT2D eigenvalue weighted by Gasteiger charge is 2.40. The molecule has 2 atom stereocenters. The Morgan fingerprint density at radius 1 is 1.26 bits per heavy atom. The topological polar surface area (TPSA) is 109 Å². The molecule has 0 spiro atoms. The van der Waals surface area contributed by atoms with Crippen LogP contribution in [0.1, 0.15) is 24.2 Å². The van der Waals surface area contributed by atoms with Crippen molar-refractivity contribution in [1.82, 2.24) is 25.4 Å². The predicted molar refractivity (Wildman–Crippen MR) is 112 cm³/mol. The van der Waals surface area contributed by atoms with Gasteiger partial charge in [0, 0.05) is 16.7 Å². The van der Waals surface area contributed by atoms with Crippen LogP contribution < -0.4 is 10.1 Å². The second-order valence-corrected chi connectivity index (χ2v) is 7.51. The number of rotatable bonds is 5. The number of nitrogens with one attached hydrogen (secondary N) is 1. The lowest BCUT2D eigenvalue weighted by molar-refractivity contribution is 0.150. The first-order chi connectivity index (χ1) is 15.0. The lowest BCUT2D eigenvalue weighted by Crippen LogP contribution is -2.46. The molecule has 0 bridgehead atoms. The highest BCUT2D eigenvalue weighted by atomic mass is 35.5. The van der Waals surface area contributed by atoms with Gasteiger partial charge in [-0.3, -0.25) is 4.90 Å². The van der Waals surface area contributed by atoms with Crippen LogP contribution in [-0.4, -0.2) is 70.8 Å². The van der Waals surface area contributed by atoms with Gasteiger partial charge < -0.3 is 14.8 Å². The predicted octanol–water partition coefficient (Wildman–Crippen LogP) is 2.45. The lowest BCUT2D eigenvalue weighted by atomic mass is 10.0. The van der Waals surface area contributed by atoms with Crippen LogP contribution in [0.5, 0.6) is 5.88 Å². The molecule has 3 amide bonds. The molecule has 1 aromatic heterocycles. The lowest BCUT2D eigenvalue weighted by Gasteiger charge is -2.23. The summed E-state index contributed by atoms with van der Waals surface area (Å²) >= 11 is 6.00. The van der Waals surface area contributed by atoms with Crippen molar-refractivity contribution < 1.29 is 19.1 Å². The third kappa shape index (κ3) is 4.38. The zero-order chi connectivity index (χ0) is 22.0. The zero-order valence-corrected chi connectivity index (χ0v) is 17.7. The summed E-state index contributed by atoms with van der Waals surface area (Å²) in [6, 6.07) is 9.27. The van der Waals surface area contributed by atoms with E-state index in [1.807, 2.05) is 12.1 Å². The van der Waals surface area contributed by atoms with Crippen LogP contribution in [0.4, 0.5) is 9.59 Å². The van der Waals surface area contributed by atoms with Gasteiger partial charge in [0.2, 0.25) is 5.88 Å². The maximum Gasteiger partial charge on any atom is 0.410 e. The molecule has 0 unspecified atom stereocenters. The molecule has 1 N–H and O–H groups in total. The number of carbonyl (C=O) groups excluding carboxylic acids is 2. The molecule has 4 rings (SSSR count). The van der Waals surface area contributed by atoms with E-state index in [9.17, 15) is 9.59 Å². The average molecular weight is 445 g/mol. The number of halogens is 1. The molecule has 1 saturated heterocycles. The standard InChI is InChI=1S/C20H21ClN6O4/c1-12(15-7-8-17(30-2)24-23-15)22-19(28)27-11-16(26-9-10-31-20(26)29)18(25-27)13-3-5-14(21)6-4-13/h3-8,12,16H,9-11H2,1-2H3,(H,22,28)/t12-,16+/m1/s1. The number of benzene rings is 1. The molecule has 1 fully saturated rings. The van der Waals surface area contributed by atoms with E-state index >= 15 is 0 Å². The quantitative estimate of drug-likeness (QED) is 0.758. The summed E-state index contributed by atoms with van der Waals surface area (Å²) in [6.45, 7) is 2.75. The molecule has 2 aliphatic rings. The van der Waals surface area contributed by atoms with Crippen LogP contribution in [0.25, 0.3) is 0 Å². The summed E-state index contributed by atoms with van der Waals surface area (Å²) in [4.78, 5) is 26.7. The minimum Gasteiger partial charge on any atom is -0.480 e. The Balaban J connectivity index is 1.53. The minimum absolute atomic E-state index is 0.208. The number of aromatic nitrogens is 2. The molecule has 2 aliphatic heterocycles. The SMILES string of the molecule is COc1ccc([C@@H](C)NC(=O)N2C[C@H](N3CCOC3=O)C(c3ccc(Cl)cc3)=N2)nn1. The molecular formula is C20H21ClN6O4. The number of hydrogen-bond donors (Lipinski definition) is 1. The molecule has 0 aliphatic carbocycles. The molecule has 3 heterocycles. The summed E-state index contributed by atoms with van der Waals surface area (Å²) in [6.07, 6.45) is -0.421. The van der Waals surface area contributed by atoms with Gasteiger partial charge in [-0.15, -0.1) is 10.2 Å². The molecule has 31 heavy (non-hydrogen) atoms. The Bertz CT molecular complexity index is 998. The number of amides is 3. The van der Waals surface area contributed by atoms with Gasteiger partial charge in [0.1, 0.15) is 6.61 Å². The summed E-state index contributed by atoms with van der Waals surface area (Å²) in [5.74, 6) is 0.388. The van der Waals surface area contributed by atoms with Gasteiger partial charge in [-0.2, -0.15) is 5.10 Å². The Hall–Kier alpha value is -3.40. The number of cyclic esters (lactones) is 1. The number of hydrazone groups is 1. The molecule has 162 valence electrons. The van der Waals surface area contributed by atoms with Gasteiger partial charge in [-0.25, -0.2) is 14.6 Å². The fraction of sp³-hybridized carbons (Fsp3) is 0.350. The normalized spacial score (nSPS) is 19.1. The Morgan fingerprint density at radius 3 is 2.65 bits per heavy atom. The average Bonchev–Trinajstić information content (AvgIpc) is 3.40. The van der Waals surface area contributed by atoms with Crippen molar-refractivity contribution in [3.63, 3.8) is 0 Å². The monoisotopic (exact) mass is 444 g/mol. The van der Waals surface area contributed by atoms with E-state index in [2.05, 4.69) is 20.6 Å². The van der Waals surface area contributed by atoms with Crippen LogP contribution in [0, 0.1) is 0 Å². The maximum atomic E-state index is 12.9. The first-order valence-electron chi connectivity index (χ1n) is 9.69. The molecule has 0 saturated carbocycles. The smallest absolute Gasteiger partial charge is 0.410 e. The number of urea groups is 1. The van der Waals surface area contributed by atoms with Crippen molar-refractivity contribution in [2.45, 2.75) is 19.0 Å². The first kappa shape index (κ1) is 20.9. The minimum atomic E-state index is -0.421.